The summed E-state index contributed by atoms with van der Waals surface area (Å²) in [5.74, 6) is 0.699. The monoisotopic (exact) mass is 761 g/mol. The Bertz CT molecular complexity index is 834. The van der Waals surface area contributed by atoms with E-state index in [9.17, 15) is 4.79 Å². The fourth-order valence-corrected chi connectivity index (χ4v) is 14.0. The van der Waals surface area contributed by atoms with Crippen LogP contribution in [0.4, 0.5) is 0 Å². The van der Waals surface area contributed by atoms with Crippen molar-refractivity contribution in [2.24, 2.45) is 0 Å². The number of carbonyl (C=O) groups is 1. The third-order valence-corrected chi connectivity index (χ3v) is 15.2. The molecule has 7 heteroatoms. The summed E-state index contributed by atoms with van der Waals surface area (Å²) in [6.45, 7) is 3.42. The first-order valence-corrected chi connectivity index (χ1v) is 19.9. The van der Waals surface area contributed by atoms with Gasteiger partial charge in [0.25, 0.3) is 0 Å². The SMILES string of the molecule is CI(CC[I-]CI)Oc1ccc(CCCCCN2CCc3ccccc3C2)nc1C=O. The van der Waals surface area contributed by atoms with Gasteiger partial charge in [-0.05, 0) is 17.5 Å². The van der Waals surface area contributed by atoms with E-state index >= 15 is 0 Å². The van der Waals surface area contributed by atoms with E-state index in [0.29, 0.717) is 32.6 Å². The van der Waals surface area contributed by atoms with Crippen LogP contribution in [0.3, 0.4) is 0 Å². The fourth-order valence-electron chi connectivity index (χ4n) is 3.74. The number of fused-ring (bicyclic) bond motifs is 1. The van der Waals surface area contributed by atoms with Crippen LogP contribution in [0.1, 0.15) is 46.6 Å². The van der Waals surface area contributed by atoms with E-state index < -0.39 is 20.2 Å². The van der Waals surface area contributed by atoms with E-state index in [-0.39, 0.29) is 0 Å². The Morgan fingerprint density at radius 1 is 1.19 bits per heavy atom. The average Bonchev–Trinajstić information content (AvgIpc) is 2.79. The maximum absolute atomic E-state index is 11.5. The third kappa shape index (κ3) is 8.69. The summed E-state index contributed by atoms with van der Waals surface area (Å²) < 4.78 is 9.99. The van der Waals surface area contributed by atoms with Crippen LogP contribution in [-0.2, 0) is 19.4 Å². The number of halogens is 3. The number of rotatable bonds is 13. The third-order valence-electron chi connectivity index (χ3n) is 5.43. The Hall–Kier alpha value is -0.01000. The minimum atomic E-state index is -1.44. The van der Waals surface area contributed by atoms with Gasteiger partial charge in [-0.2, -0.15) is 0 Å². The molecule has 1 aromatic carbocycles. The molecule has 0 atom stereocenters. The van der Waals surface area contributed by atoms with Crippen LogP contribution < -0.4 is 24.3 Å². The predicted molar refractivity (Wildman–Crippen MR) is 142 cm³/mol. The van der Waals surface area contributed by atoms with Crippen molar-refractivity contribution in [3.63, 3.8) is 0 Å². The van der Waals surface area contributed by atoms with Crippen LogP contribution in [-0.4, -0.2) is 45.5 Å². The molecule has 0 spiro atoms. The van der Waals surface area contributed by atoms with Crippen molar-refractivity contribution in [2.45, 2.75) is 38.6 Å². The van der Waals surface area contributed by atoms with E-state index in [1.54, 1.807) is 0 Å². The van der Waals surface area contributed by atoms with Gasteiger partial charge in [0.15, 0.2) is 0 Å². The molecule has 0 fully saturated rings. The quantitative estimate of drug-likeness (QED) is 0.137. The molecule has 0 bridgehead atoms. The number of hydrogen-bond donors (Lipinski definition) is 0. The maximum atomic E-state index is 11.5. The first-order chi connectivity index (χ1) is 15.2. The summed E-state index contributed by atoms with van der Waals surface area (Å²) >= 11 is 1.36. The second-order valence-corrected chi connectivity index (χ2v) is 18.8. The molecule has 0 radical (unpaired) electrons. The van der Waals surface area contributed by atoms with Gasteiger partial charge in [-0.25, -0.2) is 0 Å². The Labute approximate surface area is 218 Å². The topological polar surface area (TPSA) is 42.4 Å². The van der Waals surface area contributed by atoms with Gasteiger partial charge in [0.1, 0.15) is 0 Å². The van der Waals surface area contributed by atoms with Crippen LogP contribution in [0.2, 0.25) is 0 Å². The van der Waals surface area contributed by atoms with Crippen molar-refractivity contribution in [3.8, 4) is 5.75 Å². The van der Waals surface area contributed by atoms with E-state index in [2.05, 4.69) is 61.7 Å². The van der Waals surface area contributed by atoms with Crippen molar-refractivity contribution < 1.29 is 29.1 Å². The van der Waals surface area contributed by atoms with E-state index in [0.717, 1.165) is 37.9 Å². The molecule has 4 nitrogen and oxygen atoms in total. The minimum absolute atomic E-state index is 0.332. The van der Waals surface area contributed by atoms with Crippen molar-refractivity contribution >= 4 is 49.1 Å². The number of aryl methyl sites for hydroxylation is 1. The molecule has 0 amide bonds. The molecule has 2 heterocycles. The second kappa shape index (κ2) is 14.3. The van der Waals surface area contributed by atoms with Gasteiger partial charge in [-0.3, -0.25) is 0 Å². The summed E-state index contributed by atoms with van der Waals surface area (Å²) in [5.41, 5.74) is 4.50. The number of nitrogens with zero attached hydrogens (tertiary/aromatic N) is 2. The molecular weight excluding hydrogens is 729 g/mol. The number of unbranched alkanes of at least 4 members (excludes halogenated alkanes) is 2. The summed E-state index contributed by atoms with van der Waals surface area (Å²) in [5, 5.41) is 0. The molecule has 2 aromatic rings. The van der Waals surface area contributed by atoms with E-state index in [1.165, 1.54) is 48.2 Å². The normalized spacial score (nSPS) is 14.3. The number of carbonyl (C=O) groups excluding carboxylic acids is 1. The Morgan fingerprint density at radius 3 is 2.84 bits per heavy atom. The van der Waals surface area contributed by atoms with Gasteiger partial charge >= 0.3 is 179 Å². The molecule has 0 unspecified atom stereocenters. The Kier molecular flexibility index (Phi) is 11.8. The molecule has 0 saturated carbocycles. The number of hydrogen-bond acceptors (Lipinski definition) is 4. The van der Waals surface area contributed by atoms with Gasteiger partial charge < -0.3 is 0 Å². The van der Waals surface area contributed by atoms with Crippen molar-refractivity contribution in [3.05, 3.63) is 58.9 Å². The van der Waals surface area contributed by atoms with Gasteiger partial charge in [0.05, 0.1) is 0 Å². The molecule has 3 rings (SSSR count). The summed E-state index contributed by atoms with van der Waals surface area (Å²) in [7, 11) is 0. The van der Waals surface area contributed by atoms with Gasteiger partial charge in [-0.15, -0.1) is 0 Å². The van der Waals surface area contributed by atoms with Gasteiger partial charge in [-0.1, -0.05) is 24.3 Å². The zero-order chi connectivity index (χ0) is 21.9. The first-order valence-electron chi connectivity index (χ1n) is 10.8. The summed E-state index contributed by atoms with van der Waals surface area (Å²) in [6.07, 6.45) is 6.48. The zero-order valence-corrected chi connectivity index (χ0v) is 24.6. The van der Waals surface area contributed by atoms with Crippen molar-refractivity contribution in [2.75, 3.05) is 29.3 Å². The fraction of sp³-hybridized carbons (Fsp3) is 0.500. The molecule has 1 aliphatic heterocycles. The number of alkyl halides is 5. The molecular formula is C24H32I3N2O2-. The molecule has 1 aromatic heterocycles. The van der Waals surface area contributed by atoms with Crippen molar-refractivity contribution in [1.82, 2.24) is 9.88 Å². The number of pyridine rings is 1. The van der Waals surface area contributed by atoms with Crippen LogP contribution in [0, 0.1) is 0 Å². The average molecular weight is 761 g/mol. The van der Waals surface area contributed by atoms with Crippen LogP contribution in [0.5, 0.6) is 5.75 Å². The molecule has 0 saturated heterocycles. The standard InChI is InChI=1S/C24H32I3N2O2/c1-27(14-13-26-19-25)31-24-11-10-22(28-23(24)18-30)9-3-2-6-15-29-16-12-20-7-4-5-8-21(20)17-29/h4-5,7-8,10-11,18H,2-3,6,9,12-17,19H2,1H3/q-1. The molecule has 0 N–H and O–H groups in total. The number of aromatic nitrogens is 1. The van der Waals surface area contributed by atoms with Crippen LogP contribution >= 0.6 is 42.8 Å². The van der Waals surface area contributed by atoms with Crippen LogP contribution in [0.15, 0.2) is 36.4 Å². The first kappa shape index (κ1) is 25.6. The Morgan fingerprint density at radius 2 is 2.03 bits per heavy atom. The number of benzene rings is 1. The molecule has 0 aliphatic carbocycles. The van der Waals surface area contributed by atoms with E-state index in [1.807, 2.05) is 12.1 Å². The van der Waals surface area contributed by atoms with Crippen molar-refractivity contribution in [1.29, 1.82) is 0 Å². The second-order valence-electron chi connectivity index (χ2n) is 7.69. The van der Waals surface area contributed by atoms with Gasteiger partial charge in [0, 0.05) is 0 Å². The Balaban J connectivity index is 1.38. The number of aldehydes is 1. The van der Waals surface area contributed by atoms with Crippen LogP contribution in [0.25, 0.3) is 0 Å². The molecule has 172 valence electrons. The zero-order valence-electron chi connectivity index (χ0n) is 18.2. The molecule has 31 heavy (non-hydrogen) atoms. The summed E-state index contributed by atoms with van der Waals surface area (Å²) in [4.78, 5) is 20.9. The summed E-state index contributed by atoms with van der Waals surface area (Å²) in [6, 6.07) is 12.8. The predicted octanol–water partition coefficient (Wildman–Crippen LogP) is 2.58. The van der Waals surface area contributed by atoms with E-state index in [4.69, 9.17) is 3.07 Å². The van der Waals surface area contributed by atoms with Gasteiger partial charge in [0.2, 0.25) is 0 Å². The molecule has 1 aliphatic rings.